The second kappa shape index (κ2) is 4.83. The number of hydrogen-bond acceptors (Lipinski definition) is 3. The lowest BCUT2D eigenvalue weighted by atomic mass is 9.76. The first-order valence-corrected chi connectivity index (χ1v) is 6.65. The van der Waals surface area contributed by atoms with Crippen molar-refractivity contribution < 1.29 is 19.5 Å². The SMILES string of the molecule is CC1(C)CCCN(C(=O)[C@H]2CCC(=O)N2)C1C(=O)O. The van der Waals surface area contributed by atoms with Crippen molar-refractivity contribution in [2.75, 3.05) is 6.54 Å². The van der Waals surface area contributed by atoms with Gasteiger partial charge in [0, 0.05) is 13.0 Å². The van der Waals surface area contributed by atoms with Gasteiger partial charge in [-0.25, -0.2) is 4.79 Å². The Morgan fingerprint density at radius 1 is 1.42 bits per heavy atom. The molecule has 0 saturated carbocycles. The fraction of sp³-hybridized carbons (Fsp3) is 0.769. The second-order valence-electron chi connectivity index (χ2n) is 6.02. The van der Waals surface area contributed by atoms with E-state index in [4.69, 9.17) is 0 Å². The van der Waals surface area contributed by atoms with Crippen LogP contribution in [0.5, 0.6) is 0 Å². The maximum atomic E-state index is 12.4. The predicted octanol–water partition coefficient (Wildman–Crippen LogP) is 0.367. The number of piperidine rings is 1. The molecule has 19 heavy (non-hydrogen) atoms. The van der Waals surface area contributed by atoms with E-state index in [1.807, 2.05) is 13.8 Å². The van der Waals surface area contributed by atoms with Gasteiger partial charge in [-0.05, 0) is 24.7 Å². The fourth-order valence-corrected chi connectivity index (χ4v) is 3.10. The number of carboxylic acids is 1. The van der Waals surface area contributed by atoms with Crippen LogP contribution in [0.25, 0.3) is 0 Å². The molecule has 2 amide bonds. The zero-order chi connectivity index (χ0) is 14.2. The maximum Gasteiger partial charge on any atom is 0.326 e. The lowest BCUT2D eigenvalue weighted by Crippen LogP contribution is -2.59. The van der Waals surface area contributed by atoms with Crippen LogP contribution < -0.4 is 5.32 Å². The average molecular weight is 268 g/mol. The van der Waals surface area contributed by atoms with E-state index in [2.05, 4.69) is 5.32 Å². The van der Waals surface area contributed by atoms with E-state index in [9.17, 15) is 19.5 Å². The summed E-state index contributed by atoms with van der Waals surface area (Å²) in [4.78, 5) is 36.5. The Kier molecular flexibility index (Phi) is 3.52. The zero-order valence-electron chi connectivity index (χ0n) is 11.3. The minimum absolute atomic E-state index is 0.138. The van der Waals surface area contributed by atoms with Crippen LogP contribution in [-0.2, 0) is 14.4 Å². The van der Waals surface area contributed by atoms with Gasteiger partial charge in [0.2, 0.25) is 11.8 Å². The Morgan fingerprint density at radius 2 is 2.11 bits per heavy atom. The molecule has 2 aliphatic rings. The molecular formula is C13H20N2O4. The molecule has 0 bridgehead atoms. The third kappa shape index (κ3) is 2.57. The summed E-state index contributed by atoms with van der Waals surface area (Å²) in [5.74, 6) is -1.37. The molecule has 2 aliphatic heterocycles. The normalized spacial score (nSPS) is 30.0. The summed E-state index contributed by atoms with van der Waals surface area (Å²) in [6.07, 6.45) is 2.38. The van der Waals surface area contributed by atoms with Gasteiger partial charge >= 0.3 is 5.97 Å². The Morgan fingerprint density at radius 3 is 2.63 bits per heavy atom. The molecule has 2 heterocycles. The lowest BCUT2D eigenvalue weighted by Gasteiger charge is -2.44. The number of aliphatic carboxylic acids is 1. The molecule has 6 heteroatoms. The number of nitrogens with zero attached hydrogens (tertiary/aromatic N) is 1. The standard InChI is InChI=1S/C13H20N2O4/c1-13(2)6-3-7-15(10(13)12(18)19)11(17)8-4-5-9(16)14-8/h8,10H,3-7H2,1-2H3,(H,14,16)(H,18,19)/t8-,10?/m1/s1. The van der Waals surface area contributed by atoms with Crippen LogP contribution in [0.4, 0.5) is 0 Å². The fourth-order valence-electron chi connectivity index (χ4n) is 3.10. The molecule has 2 rings (SSSR count). The van der Waals surface area contributed by atoms with Crippen molar-refractivity contribution in [3.05, 3.63) is 0 Å². The summed E-state index contributed by atoms with van der Waals surface area (Å²) in [6.45, 7) is 4.20. The van der Waals surface area contributed by atoms with Gasteiger partial charge in [0.25, 0.3) is 0 Å². The van der Waals surface area contributed by atoms with Gasteiger partial charge in [-0.1, -0.05) is 13.8 Å². The molecule has 2 saturated heterocycles. The number of hydrogen-bond donors (Lipinski definition) is 2. The molecule has 0 aliphatic carbocycles. The zero-order valence-corrected chi connectivity index (χ0v) is 11.3. The summed E-state index contributed by atoms with van der Waals surface area (Å²) in [5.41, 5.74) is -0.442. The van der Waals surface area contributed by atoms with Crippen LogP contribution in [0.1, 0.15) is 39.5 Å². The van der Waals surface area contributed by atoms with E-state index >= 15 is 0 Å². The van der Waals surface area contributed by atoms with E-state index in [0.29, 0.717) is 19.4 Å². The molecule has 6 nitrogen and oxygen atoms in total. The van der Waals surface area contributed by atoms with Gasteiger partial charge in [0.1, 0.15) is 12.1 Å². The summed E-state index contributed by atoms with van der Waals surface area (Å²) in [5, 5.41) is 12.0. The van der Waals surface area contributed by atoms with Crippen molar-refractivity contribution in [1.29, 1.82) is 0 Å². The van der Waals surface area contributed by atoms with E-state index < -0.39 is 23.5 Å². The van der Waals surface area contributed by atoms with Gasteiger partial charge in [-0.15, -0.1) is 0 Å². The molecular weight excluding hydrogens is 248 g/mol. The largest absolute Gasteiger partial charge is 0.480 e. The molecule has 2 N–H and O–H groups in total. The lowest BCUT2D eigenvalue weighted by molar-refractivity contribution is -0.159. The highest BCUT2D eigenvalue weighted by molar-refractivity contribution is 5.93. The molecule has 0 aromatic rings. The summed E-state index contributed by atoms with van der Waals surface area (Å²) in [7, 11) is 0. The van der Waals surface area contributed by atoms with E-state index in [0.717, 1.165) is 12.8 Å². The van der Waals surface area contributed by atoms with Crippen molar-refractivity contribution in [3.8, 4) is 0 Å². The Balaban J connectivity index is 2.19. The van der Waals surface area contributed by atoms with Crippen LogP contribution in [0.3, 0.4) is 0 Å². The van der Waals surface area contributed by atoms with Crippen molar-refractivity contribution in [1.82, 2.24) is 10.2 Å². The quantitative estimate of drug-likeness (QED) is 0.757. The molecule has 0 aromatic carbocycles. The summed E-state index contributed by atoms with van der Waals surface area (Å²) < 4.78 is 0. The Hall–Kier alpha value is -1.59. The van der Waals surface area contributed by atoms with Crippen LogP contribution in [0, 0.1) is 5.41 Å². The molecule has 0 spiro atoms. The monoisotopic (exact) mass is 268 g/mol. The molecule has 0 aromatic heterocycles. The Labute approximate surface area is 112 Å². The number of carboxylic acid groups (broad SMARTS) is 1. The number of likely N-dealkylation sites (tertiary alicyclic amines) is 1. The van der Waals surface area contributed by atoms with E-state index in [-0.39, 0.29) is 11.8 Å². The van der Waals surface area contributed by atoms with Crippen LogP contribution >= 0.6 is 0 Å². The molecule has 0 radical (unpaired) electrons. The molecule has 1 unspecified atom stereocenters. The highest BCUT2D eigenvalue weighted by atomic mass is 16.4. The van der Waals surface area contributed by atoms with Crippen LogP contribution in [0.2, 0.25) is 0 Å². The highest BCUT2D eigenvalue weighted by Crippen LogP contribution is 2.36. The van der Waals surface area contributed by atoms with Gasteiger partial charge in [0.05, 0.1) is 0 Å². The van der Waals surface area contributed by atoms with Crippen molar-refractivity contribution >= 4 is 17.8 Å². The first kappa shape index (κ1) is 13.8. The highest BCUT2D eigenvalue weighted by Gasteiger charge is 2.46. The third-order valence-electron chi connectivity index (χ3n) is 4.08. The van der Waals surface area contributed by atoms with Gasteiger partial charge in [-0.3, -0.25) is 9.59 Å². The maximum absolute atomic E-state index is 12.4. The number of carbonyl (C=O) groups excluding carboxylic acids is 2. The summed E-state index contributed by atoms with van der Waals surface area (Å²) in [6, 6.07) is -1.37. The second-order valence-corrected chi connectivity index (χ2v) is 6.02. The Bertz CT molecular complexity index is 419. The number of carbonyl (C=O) groups is 3. The van der Waals surface area contributed by atoms with Crippen LogP contribution in [-0.4, -0.2) is 46.4 Å². The topological polar surface area (TPSA) is 86.7 Å². The van der Waals surface area contributed by atoms with E-state index in [1.165, 1.54) is 4.90 Å². The van der Waals surface area contributed by atoms with Crippen molar-refractivity contribution in [3.63, 3.8) is 0 Å². The molecule has 2 fully saturated rings. The van der Waals surface area contributed by atoms with E-state index in [1.54, 1.807) is 0 Å². The smallest absolute Gasteiger partial charge is 0.326 e. The third-order valence-corrected chi connectivity index (χ3v) is 4.08. The first-order valence-electron chi connectivity index (χ1n) is 6.65. The van der Waals surface area contributed by atoms with Gasteiger partial charge in [0.15, 0.2) is 0 Å². The van der Waals surface area contributed by atoms with Crippen molar-refractivity contribution in [2.24, 2.45) is 5.41 Å². The minimum Gasteiger partial charge on any atom is -0.480 e. The molecule has 2 atom stereocenters. The van der Waals surface area contributed by atoms with Crippen molar-refractivity contribution in [2.45, 2.75) is 51.6 Å². The van der Waals surface area contributed by atoms with Crippen LogP contribution in [0.15, 0.2) is 0 Å². The predicted molar refractivity (Wildman–Crippen MR) is 67.3 cm³/mol. The first-order chi connectivity index (χ1) is 8.83. The average Bonchev–Trinajstić information content (AvgIpc) is 2.72. The molecule has 106 valence electrons. The number of nitrogens with one attached hydrogen (secondary N) is 1. The number of amides is 2. The van der Waals surface area contributed by atoms with Gasteiger partial charge < -0.3 is 15.3 Å². The van der Waals surface area contributed by atoms with Gasteiger partial charge in [-0.2, -0.15) is 0 Å². The minimum atomic E-state index is -0.970. The number of rotatable bonds is 2. The summed E-state index contributed by atoms with van der Waals surface area (Å²) >= 11 is 0.